The van der Waals surface area contributed by atoms with Crippen molar-refractivity contribution in [2.45, 2.75) is 13.1 Å². The van der Waals surface area contributed by atoms with Crippen LogP contribution in [-0.2, 0) is 6.18 Å². The first-order valence-electron chi connectivity index (χ1n) is 6.76. The predicted octanol–water partition coefficient (Wildman–Crippen LogP) is 2.49. The summed E-state index contributed by atoms with van der Waals surface area (Å²) in [7, 11) is 0. The molecule has 0 unspecified atom stereocenters. The quantitative estimate of drug-likeness (QED) is 0.610. The number of anilines is 1. The van der Waals surface area contributed by atoms with Gasteiger partial charge < -0.3 is 20.9 Å². The van der Waals surface area contributed by atoms with Crippen molar-refractivity contribution in [2.24, 2.45) is 0 Å². The van der Waals surface area contributed by atoms with Crippen molar-refractivity contribution in [1.29, 1.82) is 0 Å². The van der Waals surface area contributed by atoms with Gasteiger partial charge in [0, 0.05) is 5.56 Å². The van der Waals surface area contributed by atoms with E-state index in [1.165, 1.54) is 0 Å². The molecule has 0 aliphatic carbocycles. The normalized spacial score (nSPS) is 11.4. The molecule has 0 aliphatic heterocycles. The predicted molar refractivity (Wildman–Crippen MR) is 80.5 cm³/mol. The number of nitrogen functional groups attached to an aromatic ring is 1. The smallest absolute Gasteiger partial charge is 0.419 e. The average Bonchev–Trinajstić information content (AvgIpc) is 2.46. The number of hydrogen-bond acceptors (Lipinski definition) is 4. The number of halogens is 4. The zero-order valence-electron chi connectivity index (χ0n) is 12.9. The molecule has 1 heterocycles. The summed E-state index contributed by atoms with van der Waals surface area (Å²) in [6.07, 6.45) is -5.13. The van der Waals surface area contributed by atoms with Crippen LogP contribution in [0.25, 0.3) is 11.1 Å². The number of nitrogens with one attached hydrogen (secondary N) is 1. The Kier molecular flexibility index (Phi) is 4.50. The van der Waals surface area contributed by atoms with Crippen molar-refractivity contribution in [1.82, 2.24) is 4.98 Å². The van der Waals surface area contributed by atoms with Crippen LogP contribution in [0.5, 0.6) is 0 Å². The summed E-state index contributed by atoms with van der Waals surface area (Å²) < 4.78 is 52.9. The van der Waals surface area contributed by atoms with Crippen molar-refractivity contribution in [2.75, 3.05) is 5.73 Å². The van der Waals surface area contributed by atoms with Crippen LogP contribution in [0.1, 0.15) is 31.8 Å². The zero-order chi connectivity index (χ0) is 20.0. The minimum atomic E-state index is -5.13. The zero-order valence-corrected chi connectivity index (χ0v) is 12.9. The largest absolute Gasteiger partial charge is 0.478 e. The van der Waals surface area contributed by atoms with E-state index in [2.05, 4.69) is 0 Å². The standard InChI is InChI=1S/C15H10F4N2O5/c1-4-2-5(3-6(10(4)16)15(17,18)19)7-8(13(23)24)11(20)21-12(22)9(7)14(25)26/h2-3H,1H3,(H,23,24)(H,25,26)(H3,20,21,22). The summed E-state index contributed by atoms with van der Waals surface area (Å²) in [5.74, 6) is -6.03. The van der Waals surface area contributed by atoms with Gasteiger partial charge in [-0.15, -0.1) is 0 Å². The van der Waals surface area contributed by atoms with Crippen LogP contribution in [0.15, 0.2) is 16.9 Å². The van der Waals surface area contributed by atoms with Crippen LogP contribution in [0, 0.1) is 12.7 Å². The number of pyridine rings is 1. The molecule has 0 aliphatic rings. The number of alkyl halides is 3. The molecule has 26 heavy (non-hydrogen) atoms. The maximum Gasteiger partial charge on any atom is 0.419 e. The summed E-state index contributed by atoms with van der Waals surface area (Å²) in [5.41, 5.74) is -1.70. The molecule has 1 aromatic carbocycles. The van der Waals surface area contributed by atoms with Crippen LogP contribution in [0.3, 0.4) is 0 Å². The highest BCUT2D eigenvalue weighted by Gasteiger charge is 2.36. The van der Waals surface area contributed by atoms with Crippen LogP contribution in [0.4, 0.5) is 23.4 Å². The maximum atomic E-state index is 13.8. The highest BCUT2D eigenvalue weighted by atomic mass is 19.4. The number of hydrogen-bond donors (Lipinski definition) is 4. The third kappa shape index (κ3) is 3.10. The third-order valence-electron chi connectivity index (χ3n) is 3.52. The molecule has 0 atom stereocenters. The molecule has 0 saturated heterocycles. The molecule has 11 heteroatoms. The first-order chi connectivity index (χ1) is 11.9. The maximum absolute atomic E-state index is 13.8. The lowest BCUT2D eigenvalue weighted by molar-refractivity contribution is -0.140. The van der Waals surface area contributed by atoms with E-state index in [9.17, 15) is 42.2 Å². The molecule has 0 fully saturated rings. The van der Waals surface area contributed by atoms with Gasteiger partial charge in [0.25, 0.3) is 5.56 Å². The highest BCUT2D eigenvalue weighted by molar-refractivity contribution is 6.07. The molecule has 0 saturated carbocycles. The van der Waals surface area contributed by atoms with Gasteiger partial charge >= 0.3 is 18.1 Å². The number of carboxylic acid groups (broad SMARTS) is 2. The SMILES string of the molecule is Cc1cc(-c2c(C(=O)O)c(N)[nH]c(=O)c2C(=O)O)cc(C(F)(F)F)c1F. The number of carbonyl (C=O) groups is 2. The second-order valence-corrected chi connectivity index (χ2v) is 5.26. The van der Waals surface area contributed by atoms with Gasteiger partial charge in [-0.1, -0.05) is 0 Å². The molecule has 2 aromatic rings. The number of benzene rings is 1. The Bertz CT molecular complexity index is 995. The minimum Gasteiger partial charge on any atom is -0.478 e. The van der Waals surface area contributed by atoms with Crippen LogP contribution in [-0.4, -0.2) is 27.1 Å². The number of rotatable bonds is 3. The van der Waals surface area contributed by atoms with Gasteiger partial charge in [0.15, 0.2) is 0 Å². The van der Waals surface area contributed by atoms with Crippen molar-refractivity contribution in [3.63, 3.8) is 0 Å². The average molecular weight is 374 g/mol. The molecule has 5 N–H and O–H groups in total. The fraction of sp³-hybridized carbons (Fsp3) is 0.133. The topological polar surface area (TPSA) is 133 Å². The van der Waals surface area contributed by atoms with Crippen LogP contribution in [0.2, 0.25) is 0 Å². The van der Waals surface area contributed by atoms with Crippen molar-refractivity contribution in [3.05, 3.63) is 50.6 Å². The first-order valence-corrected chi connectivity index (χ1v) is 6.76. The van der Waals surface area contributed by atoms with Gasteiger partial charge in [-0.25, -0.2) is 14.0 Å². The number of nitrogens with two attached hydrogens (primary N) is 1. The number of aromatic amines is 1. The van der Waals surface area contributed by atoms with Gasteiger partial charge in [0.05, 0.1) is 5.56 Å². The molecule has 0 bridgehead atoms. The van der Waals surface area contributed by atoms with E-state index in [-0.39, 0.29) is 6.07 Å². The van der Waals surface area contributed by atoms with Gasteiger partial charge in [-0.2, -0.15) is 13.2 Å². The van der Waals surface area contributed by atoms with Crippen molar-refractivity contribution in [3.8, 4) is 11.1 Å². The van der Waals surface area contributed by atoms with Crippen LogP contribution < -0.4 is 11.3 Å². The second-order valence-electron chi connectivity index (χ2n) is 5.26. The number of aryl methyl sites for hydroxylation is 1. The summed E-state index contributed by atoms with van der Waals surface area (Å²) in [5, 5.41) is 18.5. The van der Waals surface area contributed by atoms with Crippen LogP contribution >= 0.6 is 0 Å². The molecule has 0 radical (unpaired) electrons. The number of aromatic carboxylic acids is 2. The molecule has 0 spiro atoms. The summed E-state index contributed by atoms with van der Waals surface area (Å²) in [6.45, 7) is 0.978. The first kappa shape index (κ1) is 19.0. The van der Waals surface area contributed by atoms with Crippen molar-refractivity contribution < 1.29 is 37.4 Å². The van der Waals surface area contributed by atoms with E-state index < -0.39 is 68.7 Å². The summed E-state index contributed by atoms with van der Waals surface area (Å²) in [4.78, 5) is 36.5. The van der Waals surface area contributed by atoms with E-state index in [1.807, 2.05) is 4.98 Å². The van der Waals surface area contributed by atoms with E-state index in [1.54, 1.807) is 0 Å². The summed E-state index contributed by atoms with van der Waals surface area (Å²) >= 11 is 0. The number of aromatic nitrogens is 1. The Hall–Kier alpha value is -3.37. The Morgan fingerprint density at radius 1 is 1.12 bits per heavy atom. The Balaban J connectivity index is 3.06. The van der Waals surface area contributed by atoms with Gasteiger partial charge in [-0.05, 0) is 30.2 Å². The lowest BCUT2D eigenvalue weighted by atomic mass is 9.92. The highest BCUT2D eigenvalue weighted by Crippen LogP contribution is 2.37. The summed E-state index contributed by atoms with van der Waals surface area (Å²) in [6, 6.07) is 1.03. The van der Waals surface area contributed by atoms with E-state index in [0.717, 1.165) is 13.0 Å². The second kappa shape index (κ2) is 6.17. The van der Waals surface area contributed by atoms with Crippen molar-refractivity contribution >= 4 is 17.8 Å². The molecule has 138 valence electrons. The number of carboxylic acids is 2. The van der Waals surface area contributed by atoms with Gasteiger partial charge in [0.2, 0.25) is 0 Å². The molecule has 7 nitrogen and oxygen atoms in total. The van der Waals surface area contributed by atoms with E-state index >= 15 is 0 Å². The molecule has 2 rings (SSSR count). The number of H-pyrrole nitrogens is 1. The Morgan fingerprint density at radius 2 is 1.65 bits per heavy atom. The Labute approximate surface area is 141 Å². The Morgan fingerprint density at radius 3 is 2.12 bits per heavy atom. The molecular formula is C15H10F4N2O5. The fourth-order valence-electron chi connectivity index (χ4n) is 2.46. The molecule has 1 aromatic heterocycles. The molecule has 0 amide bonds. The molecular weight excluding hydrogens is 364 g/mol. The third-order valence-corrected chi connectivity index (χ3v) is 3.52. The monoisotopic (exact) mass is 374 g/mol. The fourth-order valence-corrected chi connectivity index (χ4v) is 2.46. The minimum absolute atomic E-state index is 0.232. The lowest BCUT2D eigenvalue weighted by Gasteiger charge is -2.16. The van der Waals surface area contributed by atoms with Gasteiger partial charge in [-0.3, -0.25) is 4.79 Å². The lowest BCUT2D eigenvalue weighted by Crippen LogP contribution is -2.24. The van der Waals surface area contributed by atoms with E-state index in [4.69, 9.17) is 5.73 Å². The van der Waals surface area contributed by atoms with E-state index in [0.29, 0.717) is 0 Å². The van der Waals surface area contributed by atoms with Gasteiger partial charge in [0.1, 0.15) is 22.8 Å².